The van der Waals surface area contributed by atoms with Crippen molar-refractivity contribution >= 4 is 0 Å². The molecule has 0 unspecified atom stereocenters. The molecule has 0 aliphatic rings. The number of rotatable bonds is 0. The van der Waals surface area contributed by atoms with E-state index in [1.807, 2.05) is 0 Å². The first kappa shape index (κ1) is 30.1. The molecule has 2 nitrogen and oxygen atoms in total. The van der Waals surface area contributed by atoms with Crippen molar-refractivity contribution in [3.8, 4) is 0 Å². The summed E-state index contributed by atoms with van der Waals surface area (Å²) in [6.07, 6.45) is 0. The maximum absolute atomic E-state index is 6.25. The number of nitrogens with zero attached hydrogens (tertiary/aromatic N) is 1. The summed E-state index contributed by atoms with van der Waals surface area (Å²) in [5, 5.41) is 6.25. The largest absolute Gasteiger partial charge is 0.693 e. The molecule has 0 heterocycles. The topological polar surface area (TPSA) is 57.3 Å². The van der Waals surface area contributed by atoms with E-state index >= 15 is 0 Å². The Kier molecular flexibility index (Phi) is 3180. The fourth-order valence-electron chi connectivity index (χ4n) is 0. The molecule has 0 rings (SSSR count). The Bertz CT molecular complexity index is 10.8. The fraction of sp³-hybridized carbons (Fsp3) is 0. The van der Waals surface area contributed by atoms with E-state index in [1.54, 1.807) is 0 Å². The summed E-state index contributed by atoms with van der Waals surface area (Å²) in [6.45, 7) is 4.75. The van der Waals surface area contributed by atoms with Gasteiger partial charge in [-0.2, -0.15) is 0 Å². The number of hydrogen-bond donors (Lipinski definition) is 0. The van der Waals surface area contributed by atoms with Crippen LogP contribution in [0.2, 0.25) is 0 Å². The SMILES string of the molecule is [Au].[C-]#N.[NH2-]. The molecule has 4 heavy (non-hydrogen) atoms. The van der Waals surface area contributed by atoms with Crippen LogP contribution in [0.5, 0.6) is 0 Å². The van der Waals surface area contributed by atoms with Crippen LogP contribution in [0.15, 0.2) is 0 Å². The molecule has 0 aromatic carbocycles. The van der Waals surface area contributed by atoms with Gasteiger partial charge in [-0.1, -0.05) is 0 Å². The Hall–Kier alpha value is 0.190. The van der Waals surface area contributed by atoms with Crippen molar-refractivity contribution in [2.75, 3.05) is 0 Å². The molecule has 3 heteroatoms. The Labute approximate surface area is 40.9 Å². The van der Waals surface area contributed by atoms with Gasteiger partial charge in [0.1, 0.15) is 0 Å². The van der Waals surface area contributed by atoms with Gasteiger partial charge in [-0.05, 0) is 0 Å². The zero-order chi connectivity index (χ0) is 2.00. The minimum atomic E-state index is 0. The molecular formula is CH2AuN2-2. The summed E-state index contributed by atoms with van der Waals surface area (Å²) >= 11 is 0. The van der Waals surface area contributed by atoms with E-state index in [0.717, 1.165) is 0 Å². The van der Waals surface area contributed by atoms with Gasteiger partial charge in [0.2, 0.25) is 0 Å². The second kappa shape index (κ2) is 423. The van der Waals surface area contributed by atoms with Gasteiger partial charge in [0.05, 0.1) is 0 Å². The monoisotopic (exact) mass is 239 g/mol. The van der Waals surface area contributed by atoms with E-state index < -0.39 is 0 Å². The van der Waals surface area contributed by atoms with Crippen LogP contribution in [0.1, 0.15) is 0 Å². The molecule has 0 amide bonds. The Morgan fingerprint density at radius 2 is 1.25 bits per heavy atom. The summed E-state index contributed by atoms with van der Waals surface area (Å²) in [7, 11) is 0. The molecule has 0 aliphatic heterocycles. The van der Waals surface area contributed by atoms with E-state index in [9.17, 15) is 0 Å². The smallest absolute Gasteiger partial charge is 0 e. The van der Waals surface area contributed by atoms with Crippen LogP contribution in [-0.2, 0) is 22.4 Å². The summed E-state index contributed by atoms with van der Waals surface area (Å²) in [5.41, 5.74) is 0. The van der Waals surface area contributed by atoms with Crippen LogP contribution in [0.25, 0.3) is 6.15 Å². The minimum Gasteiger partial charge on any atom is -0.693 e. The first-order valence-electron chi connectivity index (χ1n) is 0.224. The minimum absolute atomic E-state index is 0. The average molecular weight is 239 g/mol. The van der Waals surface area contributed by atoms with Crippen molar-refractivity contribution < 1.29 is 22.4 Å². The fourth-order valence-corrected chi connectivity index (χ4v) is 0. The molecule has 1 radical (unpaired) electrons. The maximum atomic E-state index is 6.25. The van der Waals surface area contributed by atoms with Crippen LogP contribution in [0.4, 0.5) is 0 Å². The molecule has 0 aliphatic carbocycles. The van der Waals surface area contributed by atoms with Gasteiger partial charge in [0.15, 0.2) is 0 Å². The first-order valence-corrected chi connectivity index (χ1v) is 0.224. The van der Waals surface area contributed by atoms with Gasteiger partial charge in [-0.25, -0.2) is 0 Å². The summed E-state index contributed by atoms with van der Waals surface area (Å²) in [5.74, 6) is 0. The normalized spacial score (nSPS) is 0.500. The standard InChI is InChI=1S/CN.Au.H2N/c1-2;;/h;;1H2/q-1;;-1. The summed E-state index contributed by atoms with van der Waals surface area (Å²) < 4.78 is 0. The molecule has 29 valence electrons. The second-order valence-electron chi connectivity index (χ2n) is 0. The van der Waals surface area contributed by atoms with Gasteiger partial charge >= 0.3 is 0 Å². The second-order valence-corrected chi connectivity index (χ2v) is 0. The molecular weight excluding hydrogens is 237 g/mol. The quantitative estimate of drug-likeness (QED) is 0.455. The average Bonchev–Trinajstić information content (AvgIpc) is 1.00. The van der Waals surface area contributed by atoms with Crippen LogP contribution < -0.4 is 0 Å². The van der Waals surface area contributed by atoms with Gasteiger partial charge in [-0.15, -0.1) is 0 Å². The molecule has 0 saturated carbocycles. The first-order chi connectivity index (χ1) is 1.00. The van der Waals surface area contributed by atoms with Gasteiger partial charge in [-0.3, -0.25) is 0 Å². The third-order valence-corrected chi connectivity index (χ3v) is 0. The van der Waals surface area contributed by atoms with E-state index in [1.165, 1.54) is 0 Å². The molecule has 0 fully saturated rings. The molecule has 0 spiro atoms. The van der Waals surface area contributed by atoms with Crippen molar-refractivity contribution in [2.45, 2.75) is 0 Å². The Morgan fingerprint density at radius 3 is 1.25 bits per heavy atom. The summed E-state index contributed by atoms with van der Waals surface area (Å²) in [4.78, 5) is 0. The van der Waals surface area contributed by atoms with Crippen molar-refractivity contribution in [1.82, 2.24) is 0 Å². The number of hydrogen-bond acceptors (Lipinski definition) is 1. The Morgan fingerprint density at radius 1 is 1.25 bits per heavy atom. The van der Waals surface area contributed by atoms with Gasteiger partial charge in [0, 0.05) is 22.4 Å². The molecule has 0 aromatic heterocycles. The van der Waals surface area contributed by atoms with Crippen LogP contribution >= 0.6 is 0 Å². The zero-order valence-electron chi connectivity index (χ0n) is 1.83. The molecule has 0 saturated heterocycles. The van der Waals surface area contributed by atoms with Crippen molar-refractivity contribution in [2.24, 2.45) is 0 Å². The maximum Gasteiger partial charge on any atom is 0 e. The summed E-state index contributed by atoms with van der Waals surface area (Å²) in [6, 6.07) is 0. The van der Waals surface area contributed by atoms with E-state index in [-0.39, 0.29) is 28.5 Å². The van der Waals surface area contributed by atoms with Crippen LogP contribution in [0, 0.1) is 11.8 Å². The third-order valence-electron chi connectivity index (χ3n) is 0. The van der Waals surface area contributed by atoms with Crippen molar-refractivity contribution in [3.63, 3.8) is 0 Å². The molecule has 0 aromatic rings. The molecule has 0 bridgehead atoms. The van der Waals surface area contributed by atoms with E-state index in [4.69, 9.17) is 11.8 Å². The van der Waals surface area contributed by atoms with E-state index in [2.05, 4.69) is 0 Å². The van der Waals surface area contributed by atoms with Crippen molar-refractivity contribution in [1.29, 1.82) is 5.26 Å². The molecule has 0 atom stereocenters. The van der Waals surface area contributed by atoms with Crippen LogP contribution in [-0.4, -0.2) is 0 Å². The van der Waals surface area contributed by atoms with E-state index in [0.29, 0.717) is 0 Å². The van der Waals surface area contributed by atoms with Crippen molar-refractivity contribution in [3.05, 3.63) is 12.7 Å². The predicted molar refractivity (Wildman–Crippen MR) is 10.3 cm³/mol. The number of nitrogens with two attached hydrogens (primary N) is 1. The van der Waals surface area contributed by atoms with Crippen LogP contribution in [0.3, 0.4) is 0 Å². The predicted octanol–water partition coefficient (Wildman–Crippen LogP) is 0.811. The third kappa shape index (κ3) is 85.7. The Balaban J connectivity index is -0.00000000500. The van der Waals surface area contributed by atoms with Gasteiger partial charge in [0.25, 0.3) is 0 Å². The molecule has 2 N–H and O–H groups in total. The van der Waals surface area contributed by atoms with Gasteiger partial charge < -0.3 is 18.0 Å². The zero-order valence-corrected chi connectivity index (χ0v) is 3.99.